The molecule has 5 nitrogen and oxygen atoms in total. The van der Waals surface area contributed by atoms with E-state index < -0.39 is 12.1 Å². The van der Waals surface area contributed by atoms with Gasteiger partial charge in [-0.05, 0) is 49.9 Å². The first-order valence-electron chi connectivity index (χ1n) is 10.1. The Hall–Kier alpha value is -3.18. The molecule has 0 aliphatic carbocycles. The van der Waals surface area contributed by atoms with Crippen LogP contribution in [0.5, 0.6) is 0 Å². The van der Waals surface area contributed by atoms with Gasteiger partial charge in [0.15, 0.2) is 6.10 Å². The van der Waals surface area contributed by atoms with Crippen LogP contribution >= 0.6 is 0 Å². The van der Waals surface area contributed by atoms with Gasteiger partial charge in [-0.3, -0.25) is 4.79 Å². The lowest BCUT2D eigenvalue weighted by Crippen LogP contribution is -2.19. The minimum absolute atomic E-state index is 0.0416. The molecule has 30 heavy (non-hydrogen) atoms. The van der Waals surface area contributed by atoms with Crippen LogP contribution < -0.4 is 0 Å². The van der Waals surface area contributed by atoms with E-state index in [0.29, 0.717) is 11.3 Å². The number of ether oxygens (including phenoxy) is 1. The van der Waals surface area contributed by atoms with Crippen LogP contribution in [-0.4, -0.2) is 27.5 Å². The van der Waals surface area contributed by atoms with Crippen LogP contribution in [0, 0.1) is 6.92 Å². The SMILES string of the molecule is Cc1ccc(C(=O)c2cccn2CCCc2ccc(CO[C@H](C)C(=O)O)cc2)cc1. The maximum Gasteiger partial charge on any atom is 0.332 e. The van der Waals surface area contributed by atoms with E-state index in [2.05, 4.69) is 0 Å². The predicted octanol–water partition coefficient (Wildman–Crippen LogP) is 4.65. The molecule has 5 heteroatoms. The molecule has 0 aliphatic heterocycles. The molecular formula is C25H27NO4. The van der Waals surface area contributed by atoms with Crippen LogP contribution in [0.3, 0.4) is 0 Å². The van der Waals surface area contributed by atoms with Crippen molar-refractivity contribution in [1.82, 2.24) is 4.57 Å². The van der Waals surface area contributed by atoms with Gasteiger partial charge in [0.2, 0.25) is 5.78 Å². The van der Waals surface area contributed by atoms with Gasteiger partial charge < -0.3 is 14.4 Å². The third kappa shape index (κ3) is 5.67. The molecule has 0 unspecified atom stereocenters. The fourth-order valence-electron chi connectivity index (χ4n) is 3.22. The summed E-state index contributed by atoms with van der Waals surface area (Å²) in [4.78, 5) is 23.6. The number of aromatic nitrogens is 1. The maximum absolute atomic E-state index is 12.8. The second-order valence-corrected chi connectivity index (χ2v) is 7.49. The van der Waals surface area contributed by atoms with E-state index in [1.807, 2.05) is 78.4 Å². The topological polar surface area (TPSA) is 68.5 Å². The number of benzene rings is 2. The van der Waals surface area contributed by atoms with Crippen molar-refractivity contribution in [2.24, 2.45) is 0 Å². The van der Waals surface area contributed by atoms with Gasteiger partial charge in [0.1, 0.15) is 0 Å². The number of carbonyl (C=O) groups is 2. The molecule has 0 saturated heterocycles. The number of hydrogen-bond donors (Lipinski definition) is 1. The van der Waals surface area contributed by atoms with Gasteiger partial charge in [-0.15, -0.1) is 0 Å². The first kappa shape index (κ1) is 21.5. The second-order valence-electron chi connectivity index (χ2n) is 7.49. The number of carboxylic acids is 1. The normalized spacial score (nSPS) is 11.9. The Balaban J connectivity index is 1.52. The fourth-order valence-corrected chi connectivity index (χ4v) is 3.22. The highest BCUT2D eigenvalue weighted by Gasteiger charge is 2.13. The van der Waals surface area contributed by atoms with Crippen molar-refractivity contribution in [2.45, 2.75) is 45.9 Å². The van der Waals surface area contributed by atoms with Crippen LogP contribution in [0.1, 0.15) is 46.1 Å². The van der Waals surface area contributed by atoms with Crippen LogP contribution in [0.2, 0.25) is 0 Å². The Morgan fingerprint density at radius 1 is 1.00 bits per heavy atom. The molecule has 0 aliphatic rings. The van der Waals surface area contributed by atoms with Crippen molar-refractivity contribution >= 4 is 11.8 Å². The summed E-state index contributed by atoms with van der Waals surface area (Å²) < 4.78 is 7.31. The molecule has 1 N–H and O–H groups in total. The lowest BCUT2D eigenvalue weighted by atomic mass is 10.1. The zero-order chi connectivity index (χ0) is 21.5. The summed E-state index contributed by atoms with van der Waals surface area (Å²) in [5, 5.41) is 8.86. The number of aliphatic carboxylic acids is 1. The summed E-state index contributed by atoms with van der Waals surface area (Å²) in [7, 11) is 0. The zero-order valence-corrected chi connectivity index (χ0v) is 17.4. The molecule has 1 aromatic heterocycles. The number of rotatable bonds is 10. The number of carbonyl (C=O) groups excluding carboxylic acids is 1. The molecule has 0 bridgehead atoms. The van der Waals surface area contributed by atoms with Gasteiger partial charge >= 0.3 is 5.97 Å². The van der Waals surface area contributed by atoms with Gasteiger partial charge in [-0.1, -0.05) is 54.1 Å². The van der Waals surface area contributed by atoms with Gasteiger partial charge in [-0.25, -0.2) is 4.79 Å². The monoisotopic (exact) mass is 405 g/mol. The Bertz CT molecular complexity index is 987. The smallest absolute Gasteiger partial charge is 0.332 e. The quantitative estimate of drug-likeness (QED) is 0.499. The van der Waals surface area contributed by atoms with E-state index in [1.54, 1.807) is 0 Å². The average molecular weight is 405 g/mol. The first-order chi connectivity index (χ1) is 14.4. The van der Waals surface area contributed by atoms with Gasteiger partial charge in [0.25, 0.3) is 0 Å². The molecule has 3 rings (SSSR count). The van der Waals surface area contributed by atoms with Crippen molar-refractivity contribution < 1.29 is 19.4 Å². The minimum atomic E-state index is -0.961. The van der Waals surface area contributed by atoms with E-state index in [9.17, 15) is 9.59 Å². The summed E-state index contributed by atoms with van der Waals surface area (Å²) >= 11 is 0. The molecule has 156 valence electrons. The highest BCUT2D eigenvalue weighted by atomic mass is 16.5. The van der Waals surface area contributed by atoms with Crippen molar-refractivity contribution in [3.8, 4) is 0 Å². The van der Waals surface area contributed by atoms with Crippen molar-refractivity contribution in [2.75, 3.05) is 0 Å². The first-order valence-corrected chi connectivity index (χ1v) is 10.1. The van der Waals surface area contributed by atoms with Gasteiger partial charge in [0.05, 0.1) is 12.3 Å². The van der Waals surface area contributed by atoms with Crippen LogP contribution in [-0.2, 0) is 29.1 Å². The zero-order valence-electron chi connectivity index (χ0n) is 17.4. The fraction of sp³-hybridized carbons (Fsp3) is 0.280. The van der Waals surface area contributed by atoms with Crippen LogP contribution in [0.15, 0.2) is 66.9 Å². The van der Waals surface area contributed by atoms with Crippen LogP contribution in [0.25, 0.3) is 0 Å². The van der Waals surface area contributed by atoms with Gasteiger partial charge in [0, 0.05) is 18.3 Å². The summed E-state index contributed by atoms with van der Waals surface area (Å²) in [6.07, 6.45) is 2.94. The molecule has 3 aromatic rings. The van der Waals surface area contributed by atoms with E-state index in [-0.39, 0.29) is 12.4 Å². The second kappa shape index (κ2) is 10.0. The number of carboxylic acid groups (broad SMARTS) is 1. The Morgan fingerprint density at radius 3 is 2.33 bits per heavy atom. The minimum Gasteiger partial charge on any atom is -0.479 e. The molecule has 1 atom stereocenters. The Labute approximate surface area is 176 Å². The highest BCUT2D eigenvalue weighted by molar-refractivity contribution is 6.08. The largest absolute Gasteiger partial charge is 0.479 e. The van der Waals surface area contributed by atoms with E-state index in [4.69, 9.17) is 9.84 Å². The molecule has 0 saturated carbocycles. The Kier molecular flexibility index (Phi) is 7.20. The lowest BCUT2D eigenvalue weighted by molar-refractivity contribution is -0.149. The summed E-state index contributed by atoms with van der Waals surface area (Å²) in [6, 6.07) is 19.4. The molecule has 2 aromatic carbocycles. The lowest BCUT2D eigenvalue weighted by Gasteiger charge is -2.10. The van der Waals surface area contributed by atoms with Crippen molar-refractivity contribution in [1.29, 1.82) is 0 Å². The average Bonchev–Trinajstić information content (AvgIpc) is 3.21. The predicted molar refractivity (Wildman–Crippen MR) is 116 cm³/mol. The molecule has 1 heterocycles. The molecule has 0 fully saturated rings. The molecule has 0 radical (unpaired) electrons. The van der Waals surface area contributed by atoms with Crippen molar-refractivity contribution in [3.63, 3.8) is 0 Å². The van der Waals surface area contributed by atoms with Crippen LogP contribution in [0.4, 0.5) is 0 Å². The third-order valence-electron chi connectivity index (χ3n) is 5.11. The van der Waals surface area contributed by atoms with E-state index >= 15 is 0 Å². The number of ketones is 1. The summed E-state index contributed by atoms with van der Waals surface area (Å²) in [6.45, 7) is 4.57. The number of aryl methyl sites for hydroxylation is 3. The maximum atomic E-state index is 12.8. The Morgan fingerprint density at radius 2 is 1.67 bits per heavy atom. The molecule has 0 spiro atoms. The molecule has 0 amide bonds. The highest BCUT2D eigenvalue weighted by Crippen LogP contribution is 2.14. The third-order valence-corrected chi connectivity index (χ3v) is 5.11. The molecular weight excluding hydrogens is 378 g/mol. The summed E-state index contributed by atoms with van der Waals surface area (Å²) in [5.74, 6) is -0.920. The van der Waals surface area contributed by atoms with Gasteiger partial charge in [-0.2, -0.15) is 0 Å². The van der Waals surface area contributed by atoms with Crippen molar-refractivity contribution in [3.05, 3.63) is 94.8 Å². The van der Waals surface area contributed by atoms with E-state index in [0.717, 1.165) is 30.5 Å². The number of hydrogen-bond acceptors (Lipinski definition) is 3. The summed E-state index contributed by atoms with van der Waals surface area (Å²) in [5.41, 5.74) is 4.69. The van der Waals surface area contributed by atoms with E-state index in [1.165, 1.54) is 12.5 Å². The number of nitrogens with zero attached hydrogens (tertiary/aromatic N) is 1. The standard InChI is InChI=1S/C25H27NO4/c1-18-7-13-22(14-8-18)24(27)23-6-4-16-26(23)15-3-5-20-9-11-21(12-10-20)17-30-19(2)25(28)29/h4,6-14,16,19H,3,5,15,17H2,1-2H3,(H,28,29)/t19-/m1/s1.